The van der Waals surface area contributed by atoms with Crippen LogP contribution >= 0.6 is 11.8 Å². The summed E-state index contributed by atoms with van der Waals surface area (Å²) in [6, 6.07) is 23.3. The third-order valence-electron chi connectivity index (χ3n) is 5.81. The number of fused-ring (bicyclic) bond motifs is 3. The first-order valence-corrected chi connectivity index (χ1v) is 11.2. The molecule has 0 bridgehead atoms. The number of hydrogen-bond acceptors (Lipinski definition) is 5. The minimum atomic E-state index is -1.73. The zero-order valence-electron chi connectivity index (χ0n) is 17.7. The Labute approximate surface area is 194 Å². The summed E-state index contributed by atoms with van der Waals surface area (Å²) in [5, 5.41) is 14.1. The summed E-state index contributed by atoms with van der Waals surface area (Å²) in [6.45, 7) is 2.12. The molecule has 1 atom stereocenters. The van der Waals surface area contributed by atoms with E-state index in [1.807, 2.05) is 37.3 Å². The summed E-state index contributed by atoms with van der Waals surface area (Å²) in [5.74, 6) is -2.63. The van der Waals surface area contributed by atoms with E-state index >= 15 is 0 Å². The molecule has 3 aromatic rings. The normalized spacial score (nSPS) is 20.5. The summed E-state index contributed by atoms with van der Waals surface area (Å²) in [4.78, 5) is 40.3. The number of nitrogens with one attached hydrogen (secondary N) is 1. The number of benzene rings is 3. The topological polar surface area (TPSA) is 86.7 Å². The van der Waals surface area contributed by atoms with E-state index in [4.69, 9.17) is 0 Å². The Hall–Kier alpha value is -3.84. The number of Topliss-reactive ketones (excluding diaryl/α,β-unsaturated/α-hetero) is 1. The van der Waals surface area contributed by atoms with E-state index in [1.165, 1.54) is 4.90 Å². The Balaban J connectivity index is 1.66. The predicted octanol–water partition coefficient (Wildman–Crippen LogP) is 4.00. The summed E-state index contributed by atoms with van der Waals surface area (Å²) >= 11 is 1.09. The third-order valence-corrected chi connectivity index (χ3v) is 7.24. The number of aliphatic hydroxyl groups is 1. The van der Waals surface area contributed by atoms with Crippen LogP contribution < -0.4 is 10.2 Å². The van der Waals surface area contributed by atoms with Gasteiger partial charge in [0.05, 0.1) is 11.3 Å². The first-order valence-electron chi connectivity index (χ1n) is 10.4. The minimum Gasteiger partial charge on any atom is -0.507 e. The van der Waals surface area contributed by atoms with Crippen molar-refractivity contribution in [2.75, 3.05) is 4.90 Å². The largest absolute Gasteiger partial charge is 0.507 e. The molecule has 164 valence electrons. The molecule has 1 unspecified atom stereocenters. The molecule has 33 heavy (non-hydrogen) atoms. The van der Waals surface area contributed by atoms with Crippen molar-refractivity contribution in [3.63, 3.8) is 0 Å². The van der Waals surface area contributed by atoms with Crippen LogP contribution in [-0.2, 0) is 20.9 Å². The minimum absolute atomic E-state index is 0.215. The molecule has 0 aromatic heterocycles. The van der Waals surface area contributed by atoms with E-state index in [0.29, 0.717) is 16.1 Å². The standard InChI is InChI=1S/C26H20N2O4S/c1-16-11-13-18(14-12-16)22(29)21-23(30)24(31)28-19-9-5-6-10-20(19)33-26(21,28)25(32)27-15-17-7-3-2-4-8-17/h2-14,29H,15H2,1H3,(H,27,32)/b22-21+. The third kappa shape index (κ3) is 3.24. The Morgan fingerprint density at radius 2 is 1.64 bits per heavy atom. The number of aryl methyl sites for hydroxylation is 1. The molecule has 0 saturated carbocycles. The van der Waals surface area contributed by atoms with Crippen molar-refractivity contribution in [1.82, 2.24) is 5.32 Å². The van der Waals surface area contributed by atoms with Crippen LogP contribution in [0.5, 0.6) is 0 Å². The lowest BCUT2D eigenvalue weighted by atomic mass is 9.99. The lowest BCUT2D eigenvalue weighted by Crippen LogP contribution is -2.53. The van der Waals surface area contributed by atoms with Crippen molar-refractivity contribution in [1.29, 1.82) is 0 Å². The predicted molar refractivity (Wildman–Crippen MR) is 127 cm³/mol. The van der Waals surface area contributed by atoms with Gasteiger partial charge in [0.2, 0.25) is 4.87 Å². The van der Waals surface area contributed by atoms with Crippen molar-refractivity contribution in [3.8, 4) is 0 Å². The van der Waals surface area contributed by atoms with Crippen molar-refractivity contribution >= 4 is 40.8 Å². The fraction of sp³-hybridized carbons (Fsp3) is 0.115. The van der Waals surface area contributed by atoms with Crippen LogP contribution in [-0.4, -0.2) is 27.6 Å². The van der Waals surface area contributed by atoms with Gasteiger partial charge >= 0.3 is 5.91 Å². The highest BCUT2D eigenvalue weighted by Gasteiger charge is 2.66. The number of hydrogen-bond donors (Lipinski definition) is 2. The second-order valence-corrected chi connectivity index (χ2v) is 9.18. The van der Waals surface area contributed by atoms with Gasteiger partial charge in [-0.3, -0.25) is 19.3 Å². The van der Waals surface area contributed by atoms with Crippen LogP contribution in [0.15, 0.2) is 89.3 Å². The number of carbonyl (C=O) groups excluding carboxylic acids is 3. The maximum Gasteiger partial charge on any atom is 0.301 e. The van der Waals surface area contributed by atoms with Crippen molar-refractivity contribution in [2.24, 2.45) is 0 Å². The number of rotatable bonds is 4. The van der Waals surface area contributed by atoms with Gasteiger partial charge in [0, 0.05) is 17.0 Å². The van der Waals surface area contributed by atoms with Crippen molar-refractivity contribution in [2.45, 2.75) is 23.2 Å². The number of amides is 2. The molecule has 2 aliphatic rings. The van der Waals surface area contributed by atoms with E-state index in [0.717, 1.165) is 22.9 Å². The smallest absolute Gasteiger partial charge is 0.301 e. The van der Waals surface area contributed by atoms with E-state index in [1.54, 1.807) is 48.5 Å². The number of thioether (sulfide) groups is 1. The first kappa shape index (κ1) is 21.0. The van der Waals surface area contributed by atoms with Gasteiger partial charge in [-0.2, -0.15) is 0 Å². The molecular formula is C26H20N2O4S. The average molecular weight is 457 g/mol. The van der Waals surface area contributed by atoms with Gasteiger partial charge in [-0.25, -0.2) is 0 Å². The Bertz CT molecular complexity index is 1320. The number of anilines is 1. The molecule has 6 nitrogen and oxygen atoms in total. The summed E-state index contributed by atoms with van der Waals surface area (Å²) < 4.78 is 0. The van der Waals surface area contributed by atoms with Gasteiger partial charge in [0.25, 0.3) is 11.7 Å². The molecule has 2 aliphatic heterocycles. The van der Waals surface area contributed by atoms with Crippen LogP contribution in [0.4, 0.5) is 5.69 Å². The number of carbonyl (C=O) groups is 3. The number of aliphatic hydroxyl groups excluding tert-OH is 1. The van der Waals surface area contributed by atoms with Crippen LogP contribution in [0.25, 0.3) is 5.76 Å². The highest BCUT2D eigenvalue weighted by atomic mass is 32.2. The van der Waals surface area contributed by atoms with Crippen LogP contribution in [0, 0.1) is 6.92 Å². The maximum absolute atomic E-state index is 13.8. The first-order chi connectivity index (χ1) is 15.9. The Morgan fingerprint density at radius 3 is 2.36 bits per heavy atom. The van der Waals surface area contributed by atoms with Gasteiger partial charge in [-0.1, -0.05) is 84.1 Å². The lowest BCUT2D eigenvalue weighted by molar-refractivity contribution is -0.132. The van der Waals surface area contributed by atoms with Crippen molar-refractivity contribution < 1.29 is 19.5 Å². The molecule has 1 saturated heterocycles. The van der Waals surface area contributed by atoms with Gasteiger partial charge in [-0.05, 0) is 24.6 Å². The second kappa shape index (κ2) is 7.94. The molecule has 2 N–H and O–H groups in total. The summed E-state index contributed by atoms with van der Waals surface area (Å²) in [7, 11) is 0. The molecule has 5 rings (SSSR count). The van der Waals surface area contributed by atoms with Crippen LogP contribution in [0.3, 0.4) is 0 Å². The lowest BCUT2D eigenvalue weighted by Gasteiger charge is -2.30. The number of nitrogens with zero attached hydrogens (tertiary/aromatic N) is 1. The second-order valence-electron chi connectivity index (χ2n) is 7.94. The van der Waals surface area contributed by atoms with Gasteiger partial charge in [0.15, 0.2) is 0 Å². The maximum atomic E-state index is 13.8. The monoisotopic (exact) mass is 456 g/mol. The molecule has 7 heteroatoms. The SMILES string of the molecule is Cc1ccc(/C(O)=C2/C(=O)C(=O)N3c4ccccc4SC23C(=O)NCc2ccccc2)cc1. The summed E-state index contributed by atoms with van der Waals surface area (Å²) in [5.41, 5.74) is 2.47. The molecule has 3 aromatic carbocycles. The van der Waals surface area contributed by atoms with Gasteiger partial charge in [0.1, 0.15) is 5.76 Å². The van der Waals surface area contributed by atoms with E-state index < -0.39 is 22.5 Å². The molecular weight excluding hydrogens is 436 g/mol. The number of para-hydroxylation sites is 1. The van der Waals surface area contributed by atoms with Gasteiger partial charge < -0.3 is 10.4 Å². The van der Waals surface area contributed by atoms with Gasteiger partial charge in [-0.15, -0.1) is 0 Å². The van der Waals surface area contributed by atoms with Crippen LogP contribution in [0.2, 0.25) is 0 Å². The zero-order valence-corrected chi connectivity index (χ0v) is 18.6. The summed E-state index contributed by atoms with van der Waals surface area (Å²) in [6.07, 6.45) is 0. The zero-order chi connectivity index (χ0) is 23.2. The Kier molecular flexibility index (Phi) is 5.06. The van der Waals surface area contributed by atoms with E-state index in [2.05, 4.69) is 5.32 Å². The fourth-order valence-corrected chi connectivity index (χ4v) is 5.62. The Morgan fingerprint density at radius 1 is 0.970 bits per heavy atom. The molecule has 0 aliphatic carbocycles. The fourth-order valence-electron chi connectivity index (χ4n) is 4.16. The quantitative estimate of drug-likeness (QED) is 0.352. The number of ketones is 1. The molecule has 1 fully saturated rings. The van der Waals surface area contributed by atoms with Crippen LogP contribution in [0.1, 0.15) is 16.7 Å². The molecule has 0 radical (unpaired) electrons. The molecule has 2 heterocycles. The van der Waals surface area contributed by atoms with Crippen molar-refractivity contribution in [3.05, 3.63) is 101 Å². The highest BCUT2D eigenvalue weighted by molar-refractivity contribution is 8.02. The molecule has 0 spiro atoms. The average Bonchev–Trinajstić information content (AvgIpc) is 3.28. The van der Waals surface area contributed by atoms with E-state index in [-0.39, 0.29) is 17.9 Å². The van der Waals surface area contributed by atoms with E-state index in [9.17, 15) is 19.5 Å². The molecule has 2 amide bonds. The highest BCUT2D eigenvalue weighted by Crippen LogP contribution is 2.58.